The van der Waals surface area contributed by atoms with E-state index in [2.05, 4.69) is 19.9 Å². The number of nitrogens with zero attached hydrogens (tertiary/aromatic N) is 5. The fourth-order valence-electron chi connectivity index (χ4n) is 5.05. The maximum atomic E-state index is 12.9. The molecule has 0 spiro atoms. The molecule has 0 radical (unpaired) electrons. The third-order valence-corrected chi connectivity index (χ3v) is 9.14. The van der Waals surface area contributed by atoms with Crippen LogP contribution in [-0.4, -0.2) is 56.1 Å². The molecule has 9 nitrogen and oxygen atoms in total. The zero-order valence-corrected chi connectivity index (χ0v) is 19.7. The van der Waals surface area contributed by atoms with Gasteiger partial charge in [0.25, 0.3) is 0 Å². The van der Waals surface area contributed by atoms with Gasteiger partial charge < -0.3 is 9.47 Å². The molecule has 5 rings (SSSR count). The second kappa shape index (κ2) is 7.91. The Morgan fingerprint density at radius 3 is 2.09 bits per heavy atom. The van der Waals surface area contributed by atoms with Crippen LogP contribution < -0.4 is 9.47 Å². The van der Waals surface area contributed by atoms with Crippen LogP contribution in [0.5, 0.6) is 17.5 Å². The minimum atomic E-state index is -3.16. The molecule has 172 valence electrons. The Bertz CT molecular complexity index is 1110. The SMILES string of the molecule is Cc1nc(C)c(Oc2ncnc(OC3C[C@@H]4CC[C@@H](C3)N4S(=O)(=O)C3CC3)c2C)c(C)n1. The van der Waals surface area contributed by atoms with E-state index < -0.39 is 10.0 Å². The Balaban J connectivity index is 1.32. The number of fused-ring (bicyclic) bond motifs is 2. The van der Waals surface area contributed by atoms with Crippen molar-refractivity contribution in [3.8, 4) is 17.5 Å². The summed E-state index contributed by atoms with van der Waals surface area (Å²) >= 11 is 0. The van der Waals surface area contributed by atoms with E-state index in [0.717, 1.165) is 37.1 Å². The number of aromatic nitrogens is 4. The molecule has 2 bridgehead atoms. The third-order valence-electron chi connectivity index (χ3n) is 6.65. The predicted octanol–water partition coefficient (Wildman–Crippen LogP) is 3.16. The van der Waals surface area contributed by atoms with Crippen LogP contribution in [0.1, 0.15) is 61.3 Å². The molecule has 2 atom stereocenters. The summed E-state index contributed by atoms with van der Waals surface area (Å²) in [5.41, 5.74) is 2.19. The summed E-state index contributed by atoms with van der Waals surface area (Å²) < 4.78 is 39.9. The van der Waals surface area contributed by atoms with Gasteiger partial charge in [-0.3, -0.25) is 0 Å². The molecule has 10 heteroatoms. The molecule has 3 fully saturated rings. The van der Waals surface area contributed by atoms with Gasteiger partial charge in [-0.05, 0) is 53.4 Å². The first-order valence-corrected chi connectivity index (χ1v) is 12.7. The van der Waals surface area contributed by atoms with Crippen LogP contribution in [0.2, 0.25) is 0 Å². The summed E-state index contributed by atoms with van der Waals surface area (Å²) in [6.45, 7) is 7.47. The highest BCUT2D eigenvalue weighted by atomic mass is 32.2. The standard InChI is InChI=1S/C22H29N5O4S/c1-12-21(23-11-24-22(12)31-20-13(2)25-15(4)26-14(20)3)30-18-9-16-5-6-17(10-18)27(16)32(28,29)19-7-8-19/h11,16-19H,5-10H2,1-4H3/t16-,17-/m0/s1. The van der Waals surface area contributed by atoms with E-state index in [9.17, 15) is 8.42 Å². The van der Waals surface area contributed by atoms with Gasteiger partial charge in [0.1, 0.15) is 18.3 Å². The molecule has 0 N–H and O–H groups in total. The van der Waals surface area contributed by atoms with E-state index in [4.69, 9.17) is 9.47 Å². The van der Waals surface area contributed by atoms with E-state index in [1.807, 2.05) is 27.7 Å². The summed E-state index contributed by atoms with van der Waals surface area (Å²) in [5.74, 6) is 2.16. The monoisotopic (exact) mass is 459 g/mol. The lowest BCUT2D eigenvalue weighted by Gasteiger charge is -2.37. The highest BCUT2D eigenvalue weighted by molar-refractivity contribution is 7.90. The zero-order chi connectivity index (χ0) is 22.6. The molecule has 0 amide bonds. The van der Waals surface area contributed by atoms with Crippen molar-refractivity contribution in [3.05, 3.63) is 29.1 Å². The quantitative estimate of drug-likeness (QED) is 0.648. The van der Waals surface area contributed by atoms with Crippen molar-refractivity contribution < 1.29 is 17.9 Å². The molecule has 3 aliphatic rings. The van der Waals surface area contributed by atoms with Crippen LogP contribution in [0.3, 0.4) is 0 Å². The van der Waals surface area contributed by atoms with E-state index in [1.165, 1.54) is 6.33 Å². The fraction of sp³-hybridized carbons (Fsp3) is 0.636. The van der Waals surface area contributed by atoms with E-state index in [1.54, 1.807) is 4.31 Å². The first kappa shape index (κ1) is 21.5. The highest BCUT2D eigenvalue weighted by Gasteiger charge is 2.52. The maximum absolute atomic E-state index is 12.9. The van der Waals surface area contributed by atoms with Crippen LogP contribution in [0, 0.1) is 27.7 Å². The largest absolute Gasteiger partial charge is 0.474 e. The van der Waals surface area contributed by atoms with E-state index in [-0.39, 0.29) is 23.4 Å². The molecule has 1 saturated carbocycles. The molecular formula is C22H29N5O4S. The third kappa shape index (κ3) is 3.83. The van der Waals surface area contributed by atoms with Crippen LogP contribution in [0.25, 0.3) is 0 Å². The number of sulfonamides is 1. The summed E-state index contributed by atoms with van der Waals surface area (Å²) in [6.07, 6.45) is 6.12. The van der Waals surface area contributed by atoms with Gasteiger partial charge in [-0.2, -0.15) is 4.31 Å². The van der Waals surface area contributed by atoms with Crippen LogP contribution in [-0.2, 0) is 10.0 Å². The number of hydrogen-bond acceptors (Lipinski definition) is 8. The van der Waals surface area contributed by atoms with Crippen molar-refractivity contribution in [1.29, 1.82) is 0 Å². The lowest BCUT2D eigenvalue weighted by molar-refractivity contribution is 0.0906. The molecule has 2 aliphatic heterocycles. The first-order valence-electron chi connectivity index (χ1n) is 11.2. The molecule has 4 heterocycles. The highest BCUT2D eigenvalue weighted by Crippen LogP contribution is 2.44. The summed E-state index contributed by atoms with van der Waals surface area (Å²) in [6, 6.07) is 0.0504. The molecule has 2 saturated heterocycles. The van der Waals surface area contributed by atoms with Gasteiger partial charge in [0.15, 0.2) is 5.75 Å². The Hall–Kier alpha value is -2.33. The average Bonchev–Trinajstić information content (AvgIpc) is 3.53. The second-order valence-corrected chi connectivity index (χ2v) is 11.3. The van der Waals surface area contributed by atoms with Crippen LogP contribution in [0.4, 0.5) is 0 Å². The second-order valence-electron chi connectivity index (χ2n) is 9.15. The lowest BCUT2D eigenvalue weighted by Crippen LogP contribution is -2.50. The minimum absolute atomic E-state index is 0.0252. The number of hydrogen-bond donors (Lipinski definition) is 0. The van der Waals surface area contributed by atoms with Crippen molar-refractivity contribution in [3.63, 3.8) is 0 Å². The van der Waals surface area contributed by atoms with Gasteiger partial charge in [0, 0.05) is 24.9 Å². The van der Waals surface area contributed by atoms with Crippen LogP contribution in [0.15, 0.2) is 6.33 Å². The van der Waals surface area contributed by atoms with Crippen molar-refractivity contribution >= 4 is 10.0 Å². The Labute approximate surface area is 188 Å². The van der Waals surface area contributed by atoms with Crippen molar-refractivity contribution in [1.82, 2.24) is 24.2 Å². The summed E-state index contributed by atoms with van der Waals surface area (Å²) in [7, 11) is -3.16. The van der Waals surface area contributed by atoms with Gasteiger partial charge in [0.2, 0.25) is 21.8 Å². The summed E-state index contributed by atoms with van der Waals surface area (Å²) in [4.78, 5) is 17.4. The van der Waals surface area contributed by atoms with E-state index >= 15 is 0 Å². The smallest absolute Gasteiger partial charge is 0.229 e. The molecule has 2 aromatic heterocycles. The van der Waals surface area contributed by atoms with Gasteiger partial charge >= 0.3 is 0 Å². The molecule has 2 aromatic rings. The molecule has 0 aromatic carbocycles. The summed E-state index contributed by atoms with van der Waals surface area (Å²) in [5, 5.41) is -0.162. The van der Waals surface area contributed by atoms with Crippen molar-refractivity contribution in [2.75, 3.05) is 0 Å². The number of piperidine rings is 1. The minimum Gasteiger partial charge on any atom is -0.474 e. The predicted molar refractivity (Wildman–Crippen MR) is 117 cm³/mol. The number of aryl methyl sites for hydroxylation is 3. The molecule has 32 heavy (non-hydrogen) atoms. The van der Waals surface area contributed by atoms with Gasteiger partial charge in [-0.25, -0.2) is 28.4 Å². The molecule has 1 aliphatic carbocycles. The Morgan fingerprint density at radius 1 is 0.906 bits per heavy atom. The van der Waals surface area contributed by atoms with Crippen molar-refractivity contribution in [2.24, 2.45) is 0 Å². The number of rotatable bonds is 6. The van der Waals surface area contributed by atoms with Crippen LogP contribution >= 0.6 is 0 Å². The average molecular weight is 460 g/mol. The lowest BCUT2D eigenvalue weighted by atomic mass is 10.0. The maximum Gasteiger partial charge on any atom is 0.229 e. The Morgan fingerprint density at radius 2 is 1.50 bits per heavy atom. The topological polar surface area (TPSA) is 107 Å². The Kier molecular flexibility index (Phi) is 5.32. The van der Waals surface area contributed by atoms with E-state index in [0.29, 0.717) is 41.7 Å². The first-order chi connectivity index (χ1) is 15.2. The van der Waals surface area contributed by atoms with Crippen molar-refractivity contribution in [2.45, 2.75) is 89.7 Å². The normalized spacial score (nSPS) is 25.7. The molecular weight excluding hydrogens is 430 g/mol. The van der Waals surface area contributed by atoms with Gasteiger partial charge in [-0.15, -0.1) is 0 Å². The molecule has 0 unspecified atom stereocenters. The zero-order valence-electron chi connectivity index (χ0n) is 18.9. The van der Waals surface area contributed by atoms with Gasteiger partial charge in [-0.1, -0.05) is 0 Å². The number of ether oxygens (including phenoxy) is 2. The van der Waals surface area contributed by atoms with Gasteiger partial charge in [0.05, 0.1) is 22.2 Å². The fourth-order valence-corrected chi connectivity index (χ4v) is 7.34.